The second kappa shape index (κ2) is 6.52. The molecule has 0 saturated heterocycles. The van der Waals surface area contributed by atoms with Gasteiger partial charge in [0.1, 0.15) is 5.75 Å². The molecule has 1 N–H and O–H groups in total. The van der Waals surface area contributed by atoms with Gasteiger partial charge in [0.25, 0.3) is 0 Å². The van der Waals surface area contributed by atoms with Gasteiger partial charge in [-0.3, -0.25) is 0 Å². The Morgan fingerprint density at radius 1 is 1.24 bits per heavy atom. The molecule has 0 radical (unpaired) electrons. The van der Waals surface area contributed by atoms with E-state index >= 15 is 0 Å². The molecule has 112 valence electrons. The van der Waals surface area contributed by atoms with Crippen molar-refractivity contribution in [3.63, 3.8) is 0 Å². The fourth-order valence-electron chi connectivity index (χ4n) is 2.89. The number of nitrogens with one attached hydrogen (secondary N) is 1. The monoisotopic (exact) mass is 301 g/mol. The van der Waals surface area contributed by atoms with E-state index in [9.17, 15) is 0 Å². The Hall–Kier alpha value is -1.48. The van der Waals surface area contributed by atoms with Crippen molar-refractivity contribution in [1.82, 2.24) is 0 Å². The van der Waals surface area contributed by atoms with Gasteiger partial charge in [0, 0.05) is 21.5 Å². The SMILES string of the molecule is CCOc1cccc(NC(C)c2cc3c(s2)CCCC3)c1. The maximum absolute atomic E-state index is 5.56. The summed E-state index contributed by atoms with van der Waals surface area (Å²) in [6, 6.07) is 11.0. The van der Waals surface area contributed by atoms with Crippen molar-refractivity contribution >= 4 is 17.0 Å². The summed E-state index contributed by atoms with van der Waals surface area (Å²) in [6.07, 6.45) is 5.23. The van der Waals surface area contributed by atoms with Crippen LogP contribution < -0.4 is 10.1 Å². The molecule has 1 atom stereocenters. The van der Waals surface area contributed by atoms with Crippen LogP contribution >= 0.6 is 11.3 Å². The van der Waals surface area contributed by atoms with Crippen LogP contribution in [0.1, 0.15) is 48.0 Å². The van der Waals surface area contributed by atoms with Gasteiger partial charge in [-0.05, 0) is 63.3 Å². The first kappa shape index (κ1) is 14.5. The molecule has 0 amide bonds. The zero-order valence-corrected chi connectivity index (χ0v) is 13.6. The molecule has 1 aromatic heterocycles. The average molecular weight is 301 g/mol. The van der Waals surface area contributed by atoms with Crippen LogP contribution in [0.15, 0.2) is 30.3 Å². The lowest BCUT2D eigenvalue weighted by atomic mass is 9.99. The number of benzene rings is 1. The molecule has 1 aromatic carbocycles. The van der Waals surface area contributed by atoms with Crippen LogP contribution in [0.5, 0.6) is 5.75 Å². The first-order chi connectivity index (χ1) is 10.3. The summed E-state index contributed by atoms with van der Waals surface area (Å²) in [4.78, 5) is 3.05. The summed E-state index contributed by atoms with van der Waals surface area (Å²) < 4.78 is 5.56. The molecular formula is C18H23NOS. The topological polar surface area (TPSA) is 21.3 Å². The summed E-state index contributed by atoms with van der Waals surface area (Å²) in [6.45, 7) is 4.96. The summed E-state index contributed by atoms with van der Waals surface area (Å²) in [7, 11) is 0. The lowest BCUT2D eigenvalue weighted by Crippen LogP contribution is -2.05. The molecule has 3 rings (SSSR count). The van der Waals surface area contributed by atoms with Crippen LogP contribution in [0.25, 0.3) is 0 Å². The van der Waals surface area contributed by atoms with E-state index in [-0.39, 0.29) is 0 Å². The molecule has 3 heteroatoms. The van der Waals surface area contributed by atoms with Gasteiger partial charge in [-0.25, -0.2) is 0 Å². The van der Waals surface area contributed by atoms with Crippen LogP contribution in [-0.4, -0.2) is 6.61 Å². The second-order valence-corrected chi connectivity index (χ2v) is 6.80. The van der Waals surface area contributed by atoms with E-state index in [1.165, 1.54) is 30.6 Å². The zero-order chi connectivity index (χ0) is 14.7. The molecule has 0 saturated carbocycles. The van der Waals surface area contributed by atoms with Crippen LogP contribution in [0.4, 0.5) is 5.69 Å². The minimum absolute atomic E-state index is 0.345. The number of hydrogen-bond acceptors (Lipinski definition) is 3. The van der Waals surface area contributed by atoms with Crippen molar-refractivity contribution in [3.8, 4) is 5.75 Å². The Morgan fingerprint density at radius 3 is 2.90 bits per heavy atom. The third-order valence-electron chi connectivity index (χ3n) is 3.97. The van der Waals surface area contributed by atoms with Crippen molar-refractivity contribution < 1.29 is 4.74 Å². The van der Waals surface area contributed by atoms with Gasteiger partial charge in [0.05, 0.1) is 12.6 Å². The molecule has 0 aliphatic heterocycles. The Balaban J connectivity index is 1.72. The highest BCUT2D eigenvalue weighted by atomic mass is 32.1. The first-order valence-corrected chi connectivity index (χ1v) is 8.69. The van der Waals surface area contributed by atoms with Gasteiger partial charge < -0.3 is 10.1 Å². The Bertz CT molecular complexity index is 582. The lowest BCUT2D eigenvalue weighted by Gasteiger charge is -2.14. The fourth-order valence-corrected chi connectivity index (χ4v) is 4.15. The largest absolute Gasteiger partial charge is 0.494 e. The van der Waals surface area contributed by atoms with Gasteiger partial charge in [-0.15, -0.1) is 11.3 Å². The maximum Gasteiger partial charge on any atom is 0.121 e. The zero-order valence-electron chi connectivity index (χ0n) is 12.8. The summed E-state index contributed by atoms with van der Waals surface area (Å²) >= 11 is 1.98. The molecular weight excluding hydrogens is 278 g/mol. The molecule has 1 aliphatic rings. The van der Waals surface area contributed by atoms with Gasteiger partial charge in [-0.2, -0.15) is 0 Å². The van der Waals surface area contributed by atoms with E-state index in [2.05, 4.69) is 30.4 Å². The summed E-state index contributed by atoms with van der Waals surface area (Å²) in [5.74, 6) is 0.931. The molecule has 0 bridgehead atoms. The quantitative estimate of drug-likeness (QED) is 0.819. The number of thiophene rings is 1. The summed E-state index contributed by atoms with van der Waals surface area (Å²) in [5, 5.41) is 3.60. The van der Waals surface area contributed by atoms with Crippen LogP contribution in [-0.2, 0) is 12.8 Å². The Kier molecular flexibility index (Phi) is 4.49. The average Bonchev–Trinajstić information content (AvgIpc) is 2.92. The van der Waals surface area contributed by atoms with Crippen LogP contribution in [0.3, 0.4) is 0 Å². The van der Waals surface area contributed by atoms with Crippen molar-refractivity contribution in [1.29, 1.82) is 0 Å². The highest BCUT2D eigenvalue weighted by Gasteiger charge is 2.16. The number of ether oxygens (including phenoxy) is 1. The smallest absolute Gasteiger partial charge is 0.121 e. The molecule has 21 heavy (non-hydrogen) atoms. The predicted octanol–water partition coefficient (Wildman–Crippen LogP) is 5.20. The van der Waals surface area contributed by atoms with Gasteiger partial charge in [0.15, 0.2) is 0 Å². The molecule has 1 aliphatic carbocycles. The highest BCUT2D eigenvalue weighted by Crippen LogP contribution is 2.34. The number of rotatable bonds is 5. The van der Waals surface area contributed by atoms with E-state index in [1.807, 2.05) is 30.4 Å². The number of anilines is 1. The van der Waals surface area contributed by atoms with Crippen molar-refractivity contribution in [2.75, 3.05) is 11.9 Å². The molecule has 1 heterocycles. The van der Waals surface area contributed by atoms with Crippen molar-refractivity contribution in [2.24, 2.45) is 0 Å². The van der Waals surface area contributed by atoms with E-state index < -0.39 is 0 Å². The third kappa shape index (κ3) is 3.41. The predicted molar refractivity (Wildman–Crippen MR) is 90.6 cm³/mol. The Morgan fingerprint density at radius 2 is 2.10 bits per heavy atom. The molecule has 0 spiro atoms. The number of hydrogen-bond donors (Lipinski definition) is 1. The second-order valence-electron chi connectivity index (χ2n) is 5.63. The van der Waals surface area contributed by atoms with E-state index in [1.54, 1.807) is 10.4 Å². The number of fused-ring (bicyclic) bond motifs is 1. The maximum atomic E-state index is 5.56. The fraction of sp³-hybridized carbons (Fsp3) is 0.444. The Labute approximate surface area is 131 Å². The third-order valence-corrected chi connectivity index (χ3v) is 5.39. The van der Waals surface area contributed by atoms with Gasteiger partial charge in [0.2, 0.25) is 0 Å². The lowest BCUT2D eigenvalue weighted by molar-refractivity contribution is 0.340. The van der Waals surface area contributed by atoms with Gasteiger partial charge in [-0.1, -0.05) is 6.07 Å². The minimum Gasteiger partial charge on any atom is -0.494 e. The number of aryl methyl sites for hydroxylation is 2. The molecule has 2 nitrogen and oxygen atoms in total. The standard InChI is InChI=1S/C18H23NOS/c1-3-20-16-9-6-8-15(12-16)19-13(2)18-11-14-7-4-5-10-17(14)21-18/h6,8-9,11-13,19H,3-5,7,10H2,1-2H3. The molecule has 2 aromatic rings. The van der Waals surface area contributed by atoms with E-state index in [4.69, 9.17) is 4.74 Å². The van der Waals surface area contributed by atoms with E-state index in [0.29, 0.717) is 12.6 Å². The van der Waals surface area contributed by atoms with E-state index in [0.717, 1.165) is 11.4 Å². The molecule has 1 unspecified atom stereocenters. The van der Waals surface area contributed by atoms with Crippen molar-refractivity contribution in [2.45, 2.75) is 45.6 Å². The highest BCUT2D eigenvalue weighted by molar-refractivity contribution is 7.12. The van der Waals surface area contributed by atoms with Crippen LogP contribution in [0.2, 0.25) is 0 Å². The van der Waals surface area contributed by atoms with Crippen molar-refractivity contribution in [3.05, 3.63) is 45.6 Å². The normalized spacial score (nSPS) is 15.3. The minimum atomic E-state index is 0.345. The van der Waals surface area contributed by atoms with Crippen LogP contribution in [0, 0.1) is 0 Å². The first-order valence-electron chi connectivity index (χ1n) is 7.87. The molecule has 0 fully saturated rings. The summed E-state index contributed by atoms with van der Waals surface area (Å²) in [5.41, 5.74) is 2.71. The van der Waals surface area contributed by atoms with Gasteiger partial charge >= 0.3 is 0 Å².